The Morgan fingerprint density at radius 1 is 0.556 bits per heavy atom. The van der Waals surface area contributed by atoms with Crippen LogP contribution in [0.3, 0.4) is 0 Å². The molecule has 0 bridgehead atoms. The number of hydrogen-bond acceptors (Lipinski definition) is 9. The molecule has 0 radical (unpaired) electrons. The third-order valence-electron chi connectivity index (χ3n) is 5.85. The molecule has 0 unspecified atom stereocenters. The van der Waals surface area contributed by atoms with Gasteiger partial charge in [0.25, 0.3) is 0 Å². The van der Waals surface area contributed by atoms with Crippen LogP contribution in [0, 0.1) is 20.8 Å². The first-order chi connectivity index (χ1) is 17.3. The summed E-state index contributed by atoms with van der Waals surface area (Å²) in [6.45, 7) is 7.89. The molecular formula is C26H32N6O3Si. The molecule has 0 aliphatic carbocycles. The number of phenols is 3. The Morgan fingerprint density at radius 2 is 0.861 bits per heavy atom. The highest BCUT2D eigenvalue weighted by Crippen LogP contribution is 2.26. The molecular weight excluding hydrogens is 472 g/mol. The molecule has 0 spiro atoms. The van der Waals surface area contributed by atoms with Crippen molar-refractivity contribution in [1.82, 2.24) is 0 Å². The molecule has 0 aliphatic rings. The highest BCUT2D eigenvalue weighted by Gasteiger charge is 2.35. The van der Waals surface area contributed by atoms with E-state index in [1.165, 1.54) is 0 Å². The normalized spacial score (nSPS) is 12.3. The van der Waals surface area contributed by atoms with Crippen LogP contribution in [-0.2, 0) is 19.6 Å². The van der Waals surface area contributed by atoms with Crippen molar-refractivity contribution in [2.75, 3.05) is 0 Å². The molecule has 9 nitrogen and oxygen atoms in total. The molecule has 0 aliphatic heterocycles. The minimum atomic E-state index is -3.19. The van der Waals surface area contributed by atoms with Crippen molar-refractivity contribution in [3.8, 4) is 17.2 Å². The van der Waals surface area contributed by atoms with E-state index in [9.17, 15) is 15.3 Å². The minimum absolute atomic E-state index is 0.171. The van der Waals surface area contributed by atoms with E-state index in [2.05, 4.69) is 29.7 Å². The van der Waals surface area contributed by atoms with E-state index >= 15 is 0 Å². The van der Waals surface area contributed by atoms with Crippen molar-refractivity contribution < 1.29 is 15.3 Å². The van der Waals surface area contributed by atoms with Crippen molar-refractivity contribution in [3.05, 3.63) is 88.0 Å². The summed E-state index contributed by atoms with van der Waals surface area (Å²) in [7, 11) is -3.19. The van der Waals surface area contributed by atoms with Crippen LogP contribution in [0.2, 0.25) is 6.04 Å². The van der Waals surface area contributed by atoms with Crippen LogP contribution in [0.25, 0.3) is 0 Å². The van der Waals surface area contributed by atoms with Gasteiger partial charge in [0.2, 0.25) is 0 Å². The number of aromatic hydroxyl groups is 3. The summed E-state index contributed by atoms with van der Waals surface area (Å²) in [6.07, 6.45) is 0. The zero-order valence-electron chi connectivity index (χ0n) is 21.0. The summed E-state index contributed by atoms with van der Waals surface area (Å²) in [4.78, 5) is 0. The van der Waals surface area contributed by atoms with Crippen LogP contribution in [0.15, 0.2) is 84.3 Å². The molecule has 3 rings (SSSR count). The fourth-order valence-corrected chi connectivity index (χ4v) is 4.92. The Balaban J connectivity index is 1.87. The fraction of sp³-hybridized carbons (Fsp3) is 0.308. The molecule has 3 N–H and O–H groups in total. The first kappa shape index (κ1) is 26.7. The lowest BCUT2D eigenvalue weighted by Gasteiger charge is -2.12. The zero-order chi connectivity index (χ0) is 26.1. The van der Waals surface area contributed by atoms with E-state index in [4.69, 9.17) is 0 Å². The topological polar surface area (TPSA) is 135 Å². The van der Waals surface area contributed by atoms with E-state index in [-0.39, 0.29) is 36.9 Å². The van der Waals surface area contributed by atoms with Gasteiger partial charge in [0, 0.05) is 22.7 Å². The first-order valence-electron chi connectivity index (χ1n) is 11.7. The highest BCUT2D eigenvalue weighted by molar-refractivity contribution is 6.74. The summed E-state index contributed by atoms with van der Waals surface area (Å²) in [5.74, 6) is 0.565. The molecule has 0 saturated carbocycles. The molecule has 0 heterocycles. The van der Waals surface area contributed by atoms with Gasteiger partial charge in [-0.15, -0.1) is 0 Å². The lowest BCUT2D eigenvalue weighted by molar-refractivity contribution is 0.463. The van der Waals surface area contributed by atoms with Gasteiger partial charge < -0.3 is 15.3 Å². The molecule has 10 heteroatoms. The van der Waals surface area contributed by atoms with Crippen LogP contribution in [0.1, 0.15) is 40.3 Å². The van der Waals surface area contributed by atoms with E-state index in [0.29, 0.717) is 22.7 Å². The molecule has 188 valence electrons. The Kier molecular flexibility index (Phi) is 9.01. The van der Waals surface area contributed by atoms with Gasteiger partial charge >= 0.3 is 8.56 Å². The molecule has 3 aromatic rings. The Hall–Kier alpha value is -3.92. The number of aryl methyl sites for hydroxylation is 3. The smallest absolute Gasteiger partial charge is 0.490 e. The monoisotopic (exact) mass is 504 g/mol. The van der Waals surface area contributed by atoms with Crippen LogP contribution in [0.4, 0.5) is 0 Å². The van der Waals surface area contributed by atoms with Crippen molar-refractivity contribution in [2.45, 2.75) is 53.4 Å². The Labute approximate surface area is 212 Å². The van der Waals surface area contributed by atoms with Gasteiger partial charge in [-0.25, -0.2) is 0 Å². The van der Waals surface area contributed by atoms with Gasteiger partial charge in [-0.05, 0) is 37.5 Å². The van der Waals surface area contributed by atoms with E-state index in [1.54, 1.807) is 18.2 Å². The van der Waals surface area contributed by atoms with Gasteiger partial charge in [-0.2, -0.15) is 29.7 Å². The Bertz CT molecular complexity index is 1140. The molecule has 0 fully saturated rings. The van der Waals surface area contributed by atoms with Crippen molar-refractivity contribution in [2.24, 2.45) is 29.7 Å². The molecule has 36 heavy (non-hydrogen) atoms. The van der Waals surface area contributed by atoms with Crippen LogP contribution in [-0.4, -0.2) is 23.9 Å². The zero-order valence-corrected chi connectivity index (χ0v) is 22.0. The van der Waals surface area contributed by atoms with Gasteiger partial charge in [0.1, 0.15) is 17.2 Å². The van der Waals surface area contributed by atoms with Crippen LogP contribution in [0.5, 0.6) is 17.2 Å². The first-order valence-corrected chi connectivity index (χ1v) is 13.8. The quantitative estimate of drug-likeness (QED) is 0.204. The lowest BCUT2D eigenvalue weighted by atomic mass is 10.1. The average Bonchev–Trinajstić information content (AvgIpc) is 2.86. The number of para-hydroxylation sites is 3. The van der Waals surface area contributed by atoms with Crippen LogP contribution < -0.4 is 0 Å². The second kappa shape index (κ2) is 12.2. The van der Waals surface area contributed by atoms with Gasteiger partial charge in [0.05, 0.1) is 19.6 Å². The summed E-state index contributed by atoms with van der Waals surface area (Å²) in [6, 6.07) is 16.9. The van der Waals surface area contributed by atoms with Crippen LogP contribution >= 0.6 is 0 Å². The number of hydrogen-bond donors (Lipinski definition) is 3. The maximum absolute atomic E-state index is 10.3. The average molecular weight is 505 g/mol. The maximum atomic E-state index is 10.3. The fourth-order valence-electron chi connectivity index (χ4n) is 3.49. The number of benzene rings is 3. The molecule has 0 saturated heterocycles. The predicted octanol–water partition coefficient (Wildman–Crippen LogP) is 6.94. The number of phenolic OH excluding ortho intramolecular Hbond substituents is 3. The van der Waals surface area contributed by atoms with Crippen molar-refractivity contribution in [1.29, 1.82) is 0 Å². The summed E-state index contributed by atoms with van der Waals surface area (Å²) >= 11 is 0. The van der Waals surface area contributed by atoms with Gasteiger partial charge in [0.15, 0.2) is 0 Å². The SMILES string of the molecule is CC[Si](/N=N/Cc1cccc(C)c1O)(/N=N/Cc1cccc(C)c1O)/N=N/Cc1cccc(C)c1O. The molecule has 0 aromatic heterocycles. The van der Waals surface area contributed by atoms with Gasteiger partial charge in [-0.1, -0.05) is 61.5 Å². The summed E-state index contributed by atoms with van der Waals surface area (Å²) in [5.41, 5.74) is 4.24. The molecule has 0 atom stereocenters. The summed E-state index contributed by atoms with van der Waals surface area (Å²) in [5, 5.41) is 43.8. The standard InChI is InChI=1S/C26H32N6O3Si/c1-5-36(30-27-15-21-12-6-9-18(2)24(21)33,31-28-16-22-13-7-10-19(3)25(22)34)32-29-17-23-14-8-11-20(4)26(23)35/h6-14,33-35H,5,15-17H2,1-4H3/b30-27+,31-28+,32-29+. The third kappa shape index (κ3) is 6.60. The maximum Gasteiger partial charge on any atom is 0.490 e. The summed E-state index contributed by atoms with van der Waals surface area (Å²) < 4.78 is 13.5. The third-order valence-corrected chi connectivity index (χ3v) is 8.19. The second-order valence-electron chi connectivity index (χ2n) is 8.57. The van der Waals surface area contributed by atoms with E-state index in [0.717, 1.165) is 16.7 Å². The van der Waals surface area contributed by atoms with Crippen molar-refractivity contribution >= 4 is 8.56 Å². The van der Waals surface area contributed by atoms with Crippen molar-refractivity contribution in [3.63, 3.8) is 0 Å². The number of rotatable bonds is 10. The predicted molar refractivity (Wildman–Crippen MR) is 140 cm³/mol. The van der Waals surface area contributed by atoms with E-state index in [1.807, 2.05) is 64.1 Å². The second-order valence-corrected chi connectivity index (χ2v) is 11.4. The molecule has 0 amide bonds. The largest absolute Gasteiger partial charge is 0.507 e. The van der Waals surface area contributed by atoms with E-state index < -0.39 is 8.56 Å². The van der Waals surface area contributed by atoms with Gasteiger partial charge in [-0.3, -0.25) is 0 Å². The Morgan fingerprint density at radius 3 is 1.14 bits per heavy atom. The number of nitrogens with zero attached hydrogens (tertiary/aromatic N) is 6. The lowest BCUT2D eigenvalue weighted by Crippen LogP contribution is -2.25. The minimum Gasteiger partial charge on any atom is -0.507 e. The molecule has 3 aromatic carbocycles. The highest BCUT2D eigenvalue weighted by atomic mass is 28.4.